The van der Waals surface area contributed by atoms with Crippen LogP contribution in [0.15, 0.2) is 35.2 Å². The highest BCUT2D eigenvalue weighted by Crippen LogP contribution is 2.15. The number of nitrogens with one attached hydrogen (secondary N) is 1. The molecule has 0 saturated carbocycles. The molecule has 1 N–H and O–H groups in total. The molecule has 1 aromatic carbocycles. The fourth-order valence-corrected chi connectivity index (χ4v) is 2.15. The van der Waals surface area contributed by atoms with Crippen LogP contribution in [0.4, 0.5) is 0 Å². The quantitative estimate of drug-likeness (QED) is 0.574. The molecule has 0 saturated heterocycles. The molecule has 0 spiro atoms. The standard InChI is InChI=1S/C14H23NS/c1-12(2)13(3)11-15-9-10-16-14-7-5-4-6-8-14/h4-8,12-13,15H,9-11H2,1-3H3. The Hall–Kier alpha value is -0.470. The van der Waals surface area contributed by atoms with Crippen molar-refractivity contribution in [1.82, 2.24) is 5.32 Å². The van der Waals surface area contributed by atoms with E-state index in [0.29, 0.717) is 0 Å². The third-order valence-electron chi connectivity index (χ3n) is 2.90. The Morgan fingerprint density at radius 2 is 1.81 bits per heavy atom. The molecule has 1 rings (SSSR count). The summed E-state index contributed by atoms with van der Waals surface area (Å²) in [6, 6.07) is 10.6. The van der Waals surface area contributed by atoms with E-state index in [1.54, 1.807) is 0 Å². The highest BCUT2D eigenvalue weighted by Gasteiger charge is 2.05. The van der Waals surface area contributed by atoms with E-state index in [2.05, 4.69) is 56.4 Å². The van der Waals surface area contributed by atoms with Crippen molar-refractivity contribution in [2.24, 2.45) is 11.8 Å². The molecule has 0 radical (unpaired) electrons. The smallest absolute Gasteiger partial charge is 0.0106 e. The van der Waals surface area contributed by atoms with Gasteiger partial charge in [0.2, 0.25) is 0 Å². The summed E-state index contributed by atoms with van der Waals surface area (Å²) in [4.78, 5) is 1.36. The molecule has 90 valence electrons. The van der Waals surface area contributed by atoms with E-state index in [9.17, 15) is 0 Å². The number of hydrogen-bond acceptors (Lipinski definition) is 2. The molecular formula is C14H23NS. The van der Waals surface area contributed by atoms with Crippen LogP contribution in [-0.4, -0.2) is 18.8 Å². The SMILES string of the molecule is CC(C)C(C)CNCCSc1ccccc1. The Bertz CT molecular complexity index is 271. The molecule has 1 unspecified atom stereocenters. The molecule has 0 aliphatic rings. The van der Waals surface area contributed by atoms with Gasteiger partial charge in [-0.1, -0.05) is 39.0 Å². The first-order valence-electron chi connectivity index (χ1n) is 6.08. The second-order valence-electron chi connectivity index (χ2n) is 4.59. The van der Waals surface area contributed by atoms with Gasteiger partial charge >= 0.3 is 0 Å². The Balaban J connectivity index is 2.04. The lowest BCUT2D eigenvalue weighted by Crippen LogP contribution is -2.26. The van der Waals surface area contributed by atoms with Crippen LogP contribution in [0.2, 0.25) is 0 Å². The van der Waals surface area contributed by atoms with Crippen LogP contribution in [-0.2, 0) is 0 Å². The highest BCUT2D eigenvalue weighted by molar-refractivity contribution is 7.99. The molecule has 2 heteroatoms. The normalized spacial score (nSPS) is 13.0. The number of benzene rings is 1. The van der Waals surface area contributed by atoms with Gasteiger partial charge in [-0.3, -0.25) is 0 Å². The molecule has 1 aromatic rings. The summed E-state index contributed by atoms with van der Waals surface area (Å²) in [5, 5.41) is 3.52. The molecule has 16 heavy (non-hydrogen) atoms. The van der Waals surface area contributed by atoms with Gasteiger partial charge in [0.05, 0.1) is 0 Å². The van der Waals surface area contributed by atoms with Crippen LogP contribution < -0.4 is 5.32 Å². The van der Waals surface area contributed by atoms with Crippen molar-refractivity contribution in [3.05, 3.63) is 30.3 Å². The van der Waals surface area contributed by atoms with Crippen LogP contribution >= 0.6 is 11.8 Å². The van der Waals surface area contributed by atoms with Gasteiger partial charge in [-0.05, 0) is 30.5 Å². The van der Waals surface area contributed by atoms with Crippen molar-refractivity contribution < 1.29 is 0 Å². The lowest BCUT2D eigenvalue weighted by Gasteiger charge is -2.15. The summed E-state index contributed by atoms with van der Waals surface area (Å²) in [5.74, 6) is 2.69. The zero-order valence-corrected chi connectivity index (χ0v) is 11.4. The minimum Gasteiger partial charge on any atom is -0.316 e. The Labute approximate surface area is 104 Å². The van der Waals surface area contributed by atoms with Gasteiger partial charge in [-0.2, -0.15) is 0 Å². The molecule has 0 aliphatic heterocycles. The minimum absolute atomic E-state index is 0.765. The molecule has 1 nitrogen and oxygen atoms in total. The first kappa shape index (κ1) is 13.6. The summed E-state index contributed by atoms with van der Waals surface area (Å²) >= 11 is 1.92. The zero-order valence-electron chi connectivity index (χ0n) is 10.6. The van der Waals surface area contributed by atoms with Crippen LogP contribution in [0.25, 0.3) is 0 Å². The number of rotatable bonds is 7. The fraction of sp³-hybridized carbons (Fsp3) is 0.571. The van der Waals surface area contributed by atoms with Gasteiger partial charge < -0.3 is 5.32 Å². The van der Waals surface area contributed by atoms with Crippen molar-refractivity contribution in [1.29, 1.82) is 0 Å². The second-order valence-corrected chi connectivity index (χ2v) is 5.76. The van der Waals surface area contributed by atoms with Gasteiger partial charge in [0.15, 0.2) is 0 Å². The maximum Gasteiger partial charge on any atom is 0.0106 e. The third-order valence-corrected chi connectivity index (χ3v) is 3.91. The van der Waals surface area contributed by atoms with Crippen molar-refractivity contribution in [3.8, 4) is 0 Å². The van der Waals surface area contributed by atoms with E-state index in [-0.39, 0.29) is 0 Å². The Morgan fingerprint density at radius 3 is 2.44 bits per heavy atom. The summed E-state index contributed by atoms with van der Waals surface area (Å²) in [6.07, 6.45) is 0. The van der Waals surface area contributed by atoms with E-state index < -0.39 is 0 Å². The second kappa shape index (κ2) is 7.75. The summed E-state index contributed by atoms with van der Waals surface area (Å²) in [5.41, 5.74) is 0. The average Bonchev–Trinajstić information content (AvgIpc) is 2.29. The maximum absolute atomic E-state index is 3.52. The molecule has 0 aromatic heterocycles. The van der Waals surface area contributed by atoms with E-state index in [1.807, 2.05) is 11.8 Å². The van der Waals surface area contributed by atoms with E-state index >= 15 is 0 Å². The van der Waals surface area contributed by atoms with E-state index in [1.165, 1.54) is 4.90 Å². The molecule has 1 atom stereocenters. The predicted octanol–water partition coefficient (Wildman–Crippen LogP) is 3.66. The number of hydrogen-bond donors (Lipinski definition) is 1. The van der Waals surface area contributed by atoms with Gasteiger partial charge in [0, 0.05) is 17.2 Å². The van der Waals surface area contributed by atoms with Crippen molar-refractivity contribution in [2.75, 3.05) is 18.8 Å². The van der Waals surface area contributed by atoms with Gasteiger partial charge in [0.1, 0.15) is 0 Å². The topological polar surface area (TPSA) is 12.0 Å². The Morgan fingerprint density at radius 1 is 1.12 bits per heavy atom. The molecule has 0 fully saturated rings. The maximum atomic E-state index is 3.52. The van der Waals surface area contributed by atoms with E-state index in [4.69, 9.17) is 0 Å². The first-order chi connectivity index (χ1) is 7.70. The van der Waals surface area contributed by atoms with Gasteiger partial charge in [-0.15, -0.1) is 11.8 Å². The average molecular weight is 237 g/mol. The van der Waals surface area contributed by atoms with Crippen molar-refractivity contribution in [3.63, 3.8) is 0 Å². The van der Waals surface area contributed by atoms with Crippen LogP contribution in [0.5, 0.6) is 0 Å². The van der Waals surface area contributed by atoms with Crippen LogP contribution in [0.3, 0.4) is 0 Å². The van der Waals surface area contributed by atoms with Gasteiger partial charge in [0.25, 0.3) is 0 Å². The highest BCUT2D eigenvalue weighted by atomic mass is 32.2. The predicted molar refractivity (Wildman–Crippen MR) is 74.0 cm³/mol. The molecule has 0 bridgehead atoms. The molecule has 0 aliphatic carbocycles. The fourth-order valence-electron chi connectivity index (χ4n) is 1.32. The summed E-state index contributed by atoms with van der Waals surface area (Å²) in [6.45, 7) is 9.10. The zero-order chi connectivity index (χ0) is 11.8. The first-order valence-corrected chi connectivity index (χ1v) is 7.07. The third kappa shape index (κ3) is 5.57. The Kier molecular flexibility index (Phi) is 6.58. The monoisotopic (exact) mass is 237 g/mol. The number of thioether (sulfide) groups is 1. The van der Waals surface area contributed by atoms with Crippen LogP contribution in [0, 0.1) is 11.8 Å². The lowest BCUT2D eigenvalue weighted by atomic mass is 9.98. The lowest BCUT2D eigenvalue weighted by molar-refractivity contribution is 0.397. The van der Waals surface area contributed by atoms with E-state index in [0.717, 1.165) is 30.7 Å². The van der Waals surface area contributed by atoms with Gasteiger partial charge in [-0.25, -0.2) is 0 Å². The minimum atomic E-state index is 0.765. The molecule has 0 amide bonds. The molecular weight excluding hydrogens is 214 g/mol. The largest absolute Gasteiger partial charge is 0.316 e. The van der Waals surface area contributed by atoms with Crippen molar-refractivity contribution in [2.45, 2.75) is 25.7 Å². The van der Waals surface area contributed by atoms with Crippen LogP contribution in [0.1, 0.15) is 20.8 Å². The van der Waals surface area contributed by atoms with Crippen molar-refractivity contribution >= 4 is 11.8 Å². The molecule has 0 heterocycles. The summed E-state index contributed by atoms with van der Waals surface area (Å²) < 4.78 is 0. The summed E-state index contributed by atoms with van der Waals surface area (Å²) in [7, 11) is 0.